The monoisotopic (exact) mass is 251 g/mol. The van der Waals surface area contributed by atoms with Crippen molar-refractivity contribution in [3.63, 3.8) is 0 Å². The summed E-state index contributed by atoms with van der Waals surface area (Å²) < 4.78 is 5.85. The van der Waals surface area contributed by atoms with Crippen molar-refractivity contribution < 1.29 is 4.74 Å². The van der Waals surface area contributed by atoms with Gasteiger partial charge in [0.15, 0.2) is 0 Å². The van der Waals surface area contributed by atoms with Crippen molar-refractivity contribution in [1.29, 1.82) is 0 Å². The zero-order valence-corrected chi connectivity index (χ0v) is 10.7. The number of ether oxygens (including phenoxy) is 1. The fourth-order valence-corrected chi connectivity index (χ4v) is 2.71. The van der Waals surface area contributed by atoms with Crippen LogP contribution in [0.2, 0.25) is 5.02 Å². The van der Waals surface area contributed by atoms with Crippen LogP contribution in [0.25, 0.3) is 0 Å². The lowest BCUT2D eigenvalue weighted by molar-refractivity contribution is 0.120. The molecule has 0 spiro atoms. The van der Waals surface area contributed by atoms with Crippen molar-refractivity contribution in [3.05, 3.63) is 28.8 Å². The first-order chi connectivity index (χ1) is 8.33. The molecule has 0 amide bonds. The second-order valence-electron chi connectivity index (χ2n) is 5.05. The molecule has 1 saturated heterocycles. The third-order valence-electron chi connectivity index (χ3n) is 3.83. The molecule has 3 rings (SSSR count). The van der Waals surface area contributed by atoms with Crippen molar-refractivity contribution >= 4 is 11.6 Å². The molecule has 17 heavy (non-hydrogen) atoms. The van der Waals surface area contributed by atoms with E-state index in [9.17, 15) is 0 Å². The largest absolute Gasteiger partial charge is 0.489 e. The van der Waals surface area contributed by atoms with Crippen LogP contribution in [0.1, 0.15) is 37.2 Å². The number of nitrogens with one attached hydrogen (secondary N) is 1. The van der Waals surface area contributed by atoms with Crippen molar-refractivity contribution in [2.45, 2.75) is 37.7 Å². The minimum Gasteiger partial charge on any atom is -0.489 e. The van der Waals surface area contributed by atoms with Crippen LogP contribution in [0, 0.1) is 0 Å². The van der Waals surface area contributed by atoms with Gasteiger partial charge in [0.05, 0.1) is 11.1 Å². The summed E-state index contributed by atoms with van der Waals surface area (Å²) in [5, 5.41) is 4.15. The molecule has 2 nitrogen and oxygen atoms in total. The highest BCUT2D eigenvalue weighted by Gasteiger charge is 2.21. The Kier molecular flexibility index (Phi) is 3.26. The maximum Gasteiger partial charge on any atom is 0.138 e. The van der Waals surface area contributed by atoms with Gasteiger partial charge in [-0.05, 0) is 55.8 Å². The number of halogens is 1. The smallest absolute Gasteiger partial charge is 0.138 e. The second-order valence-corrected chi connectivity index (χ2v) is 5.46. The third kappa shape index (κ3) is 2.43. The Bertz CT molecular complexity index is 397. The molecule has 0 aromatic heterocycles. The summed E-state index contributed by atoms with van der Waals surface area (Å²) in [6, 6.07) is 6.28. The Hall–Kier alpha value is -0.730. The van der Waals surface area contributed by atoms with Crippen LogP contribution < -0.4 is 10.1 Å². The van der Waals surface area contributed by atoms with E-state index >= 15 is 0 Å². The molecule has 1 aliphatic heterocycles. The molecule has 1 aliphatic carbocycles. The van der Waals surface area contributed by atoms with E-state index in [1.54, 1.807) is 0 Å². The van der Waals surface area contributed by atoms with Crippen molar-refractivity contribution in [1.82, 2.24) is 5.32 Å². The van der Waals surface area contributed by atoms with E-state index in [1.165, 1.54) is 31.2 Å². The van der Waals surface area contributed by atoms with Crippen LogP contribution >= 0.6 is 11.6 Å². The van der Waals surface area contributed by atoms with Gasteiger partial charge in [0.25, 0.3) is 0 Å². The summed E-state index contributed by atoms with van der Waals surface area (Å²) in [5.74, 6) is 1.47. The molecule has 2 fully saturated rings. The van der Waals surface area contributed by atoms with Crippen molar-refractivity contribution in [3.8, 4) is 5.75 Å². The molecule has 1 saturated carbocycles. The standard InChI is InChI=1S/C14H18ClNO/c15-13-8-10(11-6-7-16-9-11)4-5-14(13)17-12-2-1-3-12/h4-5,8,11-12,16H,1-3,6-7,9H2. The van der Waals surface area contributed by atoms with Gasteiger partial charge in [-0.25, -0.2) is 0 Å². The van der Waals surface area contributed by atoms with Gasteiger partial charge in [0.1, 0.15) is 5.75 Å². The minimum absolute atomic E-state index is 0.395. The fraction of sp³-hybridized carbons (Fsp3) is 0.571. The summed E-state index contributed by atoms with van der Waals surface area (Å²) >= 11 is 6.29. The van der Waals surface area contributed by atoms with E-state index in [2.05, 4.69) is 17.4 Å². The molecule has 3 heteroatoms. The quantitative estimate of drug-likeness (QED) is 0.890. The van der Waals surface area contributed by atoms with Crippen LogP contribution in [0.15, 0.2) is 18.2 Å². The molecule has 2 aliphatic rings. The van der Waals surface area contributed by atoms with Gasteiger partial charge in [0.2, 0.25) is 0 Å². The molecule has 1 N–H and O–H groups in total. The third-order valence-corrected chi connectivity index (χ3v) is 4.13. The summed E-state index contributed by atoms with van der Waals surface area (Å²) in [7, 11) is 0. The average Bonchev–Trinajstić information content (AvgIpc) is 2.78. The molecule has 0 radical (unpaired) electrons. The summed E-state index contributed by atoms with van der Waals surface area (Å²) in [5.41, 5.74) is 1.33. The zero-order chi connectivity index (χ0) is 11.7. The van der Waals surface area contributed by atoms with E-state index in [0.29, 0.717) is 12.0 Å². The van der Waals surface area contributed by atoms with E-state index in [0.717, 1.165) is 23.9 Å². The maximum absolute atomic E-state index is 6.29. The maximum atomic E-state index is 6.29. The van der Waals surface area contributed by atoms with Crippen LogP contribution in [0.4, 0.5) is 0 Å². The number of hydrogen-bond donors (Lipinski definition) is 1. The van der Waals surface area contributed by atoms with Gasteiger partial charge in [-0.15, -0.1) is 0 Å². The van der Waals surface area contributed by atoms with E-state index in [1.807, 2.05) is 6.07 Å². The number of benzene rings is 1. The molecule has 1 heterocycles. The molecular formula is C14H18ClNO. The predicted octanol–water partition coefficient (Wildman–Crippen LogP) is 3.35. The highest BCUT2D eigenvalue weighted by atomic mass is 35.5. The van der Waals surface area contributed by atoms with Crippen molar-refractivity contribution in [2.24, 2.45) is 0 Å². The van der Waals surface area contributed by atoms with Gasteiger partial charge in [-0.3, -0.25) is 0 Å². The molecule has 1 atom stereocenters. The Labute approximate surface area is 107 Å². The lowest BCUT2D eigenvalue weighted by Gasteiger charge is -2.27. The summed E-state index contributed by atoms with van der Waals surface area (Å²) in [6.07, 6.45) is 5.23. The van der Waals surface area contributed by atoms with Gasteiger partial charge >= 0.3 is 0 Å². The Morgan fingerprint density at radius 2 is 2.12 bits per heavy atom. The first kappa shape index (κ1) is 11.4. The van der Waals surface area contributed by atoms with Gasteiger partial charge in [-0.1, -0.05) is 17.7 Å². The number of hydrogen-bond acceptors (Lipinski definition) is 2. The highest BCUT2D eigenvalue weighted by Crippen LogP contribution is 2.33. The molecule has 1 unspecified atom stereocenters. The molecule has 1 aromatic carbocycles. The SMILES string of the molecule is Clc1cc(C2CCNC2)ccc1OC1CCC1. The Balaban J connectivity index is 1.73. The molecule has 1 aromatic rings. The van der Waals surface area contributed by atoms with Gasteiger partial charge in [0, 0.05) is 6.54 Å². The van der Waals surface area contributed by atoms with Crippen LogP contribution in [0.3, 0.4) is 0 Å². The van der Waals surface area contributed by atoms with E-state index < -0.39 is 0 Å². The summed E-state index contributed by atoms with van der Waals surface area (Å²) in [6.45, 7) is 2.18. The average molecular weight is 252 g/mol. The van der Waals surface area contributed by atoms with Crippen LogP contribution in [0.5, 0.6) is 5.75 Å². The second kappa shape index (κ2) is 4.87. The van der Waals surface area contributed by atoms with Crippen LogP contribution in [-0.4, -0.2) is 19.2 Å². The first-order valence-corrected chi connectivity index (χ1v) is 6.87. The van der Waals surface area contributed by atoms with Crippen molar-refractivity contribution in [2.75, 3.05) is 13.1 Å². The number of rotatable bonds is 3. The predicted molar refractivity (Wildman–Crippen MR) is 69.9 cm³/mol. The van der Waals surface area contributed by atoms with Gasteiger partial charge < -0.3 is 10.1 Å². The highest BCUT2D eigenvalue weighted by molar-refractivity contribution is 6.32. The normalized spacial score (nSPS) is 24.6. The molecule has 92 valence electrons. The molecular weight excluding hydrogens is 234 g/mol. The fourth-order valence-electron chi connectivity index (χ4n) is 2.47. The van der Waals surface area contributed by atoms with E-state index in [-0.39, 0.29) is 0 Å². The first-order valence-electron chi connectivity index (χ1n) is 6.50. The molecule has 0 bridgehead atoms. The summed E-state index contributed by atoms with van der Waals surface area (Å²) in [4.78, 5) is 0. The van der Waals surface area contributed by atoms with Crippen LogP contribution in [-0.2, 0) is 0 Å². The van der Waals surface area contributed by atoms with E-state index in [4.69, 9.17) is 16.3 Å². The lowest BCUT2D eigenvalue weighted by Crippen LogP contribution is -2.24. The zero-order valence-electron chi connectivity index (χ0n) is 9.92. The van der Waals surface area contributed by atoms with Gasteiger partial charge in [-0.2, -0.15) is 0 Å². The Morgan fingerprint density at radius 3 is 2.71 bits per heavy atom. The lowest BCUT2D eigenvalue weighted by atomic mass is 9.96. The Morgan fingerprint density at radius 1 is 1.24 bits per heavy atom. The minimum atomic E-state index is 0.395. The topological polar surface area (TPSA) is 21.3 Å².